The average molecular weight is 270 g/mol. The second-order valence-electron chi connectivity index (χ2n) is 5.67. The number of carbonyl (C=O) groups is 2. The van der Waals surface area contributed by atoms with Crippen molar-refractivity contribution in [1.82, 2.24) is 0 Å². The van der Waals surface area contributed by atoms with Crippen molar-refractivity contribution in [3.8, 4) is 0 Å². The number of aliphatic carboxylic acids is 1. The minimum atomic E-state index is -1.14. The van der Waals surface area contributed by atoms with Crippen LogP contribution in [0.1, 0.15) is 53.4 Å². The average Bonchev–Trinajstić information content (AvgIpc) is 2.29. The Morgan fingerprint density at radius 3 is 1.79 bits per heavy atom. The molecule has 110 valence electrons. The van der Waals surface area contributed by atoms with Crippen LogP contribution >= 0.6 is 0 Å². The first kappa shape index (κ1) is 17.7. The lowest BCUT2D eigenvalue weighted by atomic mass is 9.99. The molecule has 0 atom stereocenters. The van der Waals surface area contributed by atoms with Gasteiger partial charge in [0.05, 0.1) is 0 Å². The first-order valence-corrected chi connectivity index (χ1v) is 6.92. The van der Waals surface area contributed by atoms with E-state index in [1.165, 1.54) is 0 Å². The Balaban J connectivity index is 4.30. The molecule has 0 heterocycles. The minimum Gasteiger partial charge on any atom is -0.478 e. The lowest BCUT2D eigenvalue weighted by Crippen LogP contribution is -2.18. The van der Waals surface area contributed by atoms with Crippen LogP contribution in [0.15, 0.2) is 12.2 Å². The largest absolute Gasteiger partial charge is 0.478 e. The van der Waals surface area contributed by atoms with Crippen molar-refractivity contribution >= 4 is 11.9 Å². The predicted octanol–water partition coefficient (Wildman–Crippen LogP) is 3.41. The molecule has 0 amide bonds. The molecule has 0 unspecified atom stereocenters. The van der Waals surface area contributed by atoms with Gasteiger partial charge in [-0.2, -0.15) is 0 Å². The second kappa shape index (κ2) is 9.59. The smallest absolute Gasteiger partial charge is 0.331 e. The lowest BCUT2D eigenvalue weighted by molar-refractivity contribution is -0.144. The quantitative estimate of drug-likeness (QED) is 0.515. The Labute approximate surface area is 115 Å². The second-order valence-corrected chi connectivity index (χ2v) is 5.67. The number of ether oxygens (including phenoxy) is 1. The fourth-order valence-corrected chi connectivity index (χ4v) is 1.64. The predicted molar refractivity (Wildman–Crippen MR) is 74.8 cm³/mol. The number of rotatable bonds is 9. The van der Waals surface area contributed by atoms with Crippen LogP contribution in [-0.2, 0) is 14.3 Å². The van der Waals surface area contributed by atoms with E-state index < -0.39 is 11.9 Å². The summed E-state index contributed by atoms with van der Waals surface area (Å²) in [7, 11) is 0. The molecule has 0 saturated carbocycles. The molecule has 0 saturated heterocycles. The minimum absolute atomic E-state index is 0.115. The van der Waals surface area contributed by atoms with Gasteiger partial charge in [0.25, 0.3) is 0 Å². The summed E-state index contributed by atoms with van der Waals surface area (Å²) in [5, 5.41) is 8.45. The van der Waals surface area contributed by atoms with Crippen LogP contribution in [0.4, 0.5) is 0 Å². The van der Waals surface area contributed by atoms with Gasteiger partial charge in [0.15, 0.2) is 0 Å². The van der Waals surface area contributed by atoms with Crippen molar-refractivity contribution in [1.29, 1.82) is 0 Å². The van der Waals surface area contributed by atoms with Gasteiger partial charge in [0.1, 0.15) is 6.10 Å². The summed E-state index contributed by atoms with van der Waals surface area (Å²) >= 11 is 0. The molecule has 0 aromatic rings. The Hall–Kier alpha value is -1.32. The normalized spacial score (nSPS) is 11.7. The van der Waals surface area contributed by atoms with Gasteiger partial charge in [-0.1, -0.05) is 27.7 Å². The van der Waals surface area contributed by atoms with Gasteiger partial charge in [0.2, 0.25) is 0 Å². The molecule has 0 bridgehead atoms. The summed E-state index contributed by atoms with van der Waals surface area (Å²) < 4.78 is 5.31. The first-order valence-electron chi connectivity index (χ1n) is 6.92. The Bertz CT molecular complexity index is 293. The molecule has 0 rings (SSSR count). The Morgan fingerprint density at radius 2 is 1.42 bits per heavy atom. The third-order valence-corrected chi connectivity index (χ3v) is 2.78. The van der Waals surface area contributed by atoms with E-state index in [0.29, 0.717) is 11.8 Å². The van der Waals surface area contributed by atoms with Crippen molar-refractivity contribution in [2.45, 2.75) is 59.5 Å². The number of hydrogen-bond acceptors (Lipinski definition) is 3. The SMILES string of the molecule is CC(C)CCC(CCC(C)C)OC(=O)/C=C\C(=O)O. The van der Waals surface area contributed by atoms with E-state index >= 15 is 0 Å². The Morgan fingerprint density at radius 1 is 0.947 bits per heavy atom. The zero-order valence-electron chi connectivity index (χ0n) is 12.4. The molecule has 0 aliphatic heterocycles. The molecule has 0 spiro atoms. The molecule has 4 heteroatoms. The van der Waals surface area contributed by atoms with E-state index in [2.05, 4.69) is 27.7 Å². The molecule has 0 aliphatic carbocycles. The third-order valence-electron chi connectivity index (χ3n) is 2.78. The van der Waals surface area contributed by atoms with E-state index in [9.17, 15) is 9.59 Å². The van der Waals surface area contributed by atoms with Gasteiger partial charge in [0, 0.05) is 12.2 Å². The van der Waals surface area contributed by atoms with E-state index in [1.807, 2.05) is 0 Å². The number of carboxylic acids is 1. The van der Waals surface area contributed by atoms with Gasteiger partial charge in [-0.15, -0.1) is 0 Å². The third kappa shape index (κ3) is 11.5. The molecule has 0 aromatic carbocycles. The molecule has 4 nitrogen and oxygen atoms in total. The number of hydrogen-bond donors (Lipinski definition) is 1. The Kier molecular flexibility index (Phi) is 8.92. The summed E-state index contributed by atoms with van der Waals surface area (Å²) in [6, 6.07) is 0. The summed E-state index contributed by atoms with van der Waals surface area (Å²) in [6.07, 6.45) is 5.33. The lowest BCUT2D eigenvalue weighted by Gasteiger charge is -2.19. The van der Waals surface area contributed by atoms with Crippen molar-refractivity contribution < 1.29 is 19.4 Å². The van der Waals surface area contributed by atoms with E-state index in [0.717, 1.165) is 37.8 Å². The molecule has 1 N–H and O–H groups in total. The molecular formula is C15H26O4. The van der Waals surface area contributed by atoms with E-state index in [-0.39, 0.29) is 6.10 Å². The van der Waals surface area contributed by atoms with Gasteiger partial charge in [-0.05, 0) is 37.5 Å². The van der Waals surface area contributed by atoms with Crippen molar-refractivity contribution in [2.75, 3.05) is 0 Å². The summed E-state index contributed by atoms with van der Waals surface area (Å²) in [5.74, 6) is -0.581. The molecule has 0 radical (unpaired) electrons. The van der Waals surface area contributed by atoms with Crippen molar-refractivity contribution in [3.05, 3.63) is 12.2 Å². The van der Waals surface area contributed by atoms with Crippen molar-refractivity contribution in [3.63, 3.8) is 0 Å². The first-order chi connectivity index (χ1) is 8.81. The highest BCUT2D eigenvalue weighted by molar-refractivity contribution is 5.90. The van der Waals surface area contributed by atoms with Crippen LogP contribution in [0.3, 0.4) is 0 Å². The van der Waals surface area contributed by atoms with Crippen LogP contribution in [0.5, 0.6) is 0 Å². The summed E-state index contributed by atoms with van der Waals surface area (Å²) in [4.78, 5) is 21.8. The van der Waals surface area contributed by atoms with Gasteiger partial charge in [-0.25, -0.2) is 9.59 Å². The van der Waals surface area contributed by atoms with Crippen LogP contribution in [-0.4, -0.2) is 23.1 Å². The molecular weight excluding hydrogens is 244 g/mol. The summed E-state index contributed by atoms with van der Waals surface area (Å²) in [6.45, 7) is 8.52. The van der Waals surface area contributed by atoms with E-state index in [4.69, 9.17) is 9.84 Å². The van der Waals surface area contributed by atoms with Crippen LogP contribution in [0.25, 0.3) is 0 Å². The fraction of sp³-hybridized carbons (Fsp3) is 0.733. The molecule has 19 heavy (non-hydrogen) atoms. The van der Waals surface area contributed by atoms with Gasteiger partial charge >= 0.3 is 11.9 Å². The maximum absolute atomic E-state index is 11.5. The van der Waals surface area contributed by atoms with Gasteiger partial charge < -0.3 is 9.84 Å². The standard InChI is InChI=1S/C15H26O4/c1-11(2)5-7-13(8-6-12(3)4)19-15(18)10-9-14(16)17/h9-13H,5-8H2,1-4H3,(H,16,17)/b10-9-. The van der Waals surface area contributed by atoms with Crippen LogP contribution < -0.4 is 0 Å². The van der Waals surface area contributed by atoms with Gasteiger partial charge in [-0.3, -0.25) is 0 Å². The zero-order valence-corrected chi connectivity index (χ0v) is 12.4. The van der Waals surface area contributed by atoms with Crippen LogP contribution in [0, 0.1) is 11.8 Å². The van der Waals surface area contributed by atoms with Crippen molar-refractivity contribution in [2.24, 2.45) is 11.8 Å². The topological polar surface area (TPSA) is 63.6 Å². The molecule has 0 aliphatic rings. The maximum atomic E-state index is 11.5. The van der Waals surface area contributed by atoms with E-state index in [1.54, 1.807) is 0 Å². The maximum Gasteiger partial charge on any atom is 0.331 e. The number of carboxylic acid groups (broad SMARTS) is 1. The highest BCUT2D eigenvalue weighted by atomic mass is 16.5. The molecule has 0 fully saturated rings. The highest BCUT2D eigenvalue weighted by Crippen LogP contribution is 2.17. The fourth-order valence-electron chi connectivity index (χ4n) is 1.64. The monoisotopic (exact) mass is 270 g/mol. The highest BCUT2D eigenvalue weighted by Gasteiger charge is 2.14. The van der Waals surface area contributed by atoms with Crippen LogP contribution in [0.2, 0.25) is 0 Å². The zero-order chi connectivity index (χ0) is 14.8. The number of carbonyl (C=O) groups excluding carboxylic acids is 1. The number of esters is 1. The molecule has 0 aromatic heterocycles. The summed E-state index contributed by atoms with van der Waals surface area (Å²) in [5.41, 5.74) is 0.